The molecule has 1 atom stereocenters. The number of aromatic nitrogens is 7. The SMILES string of the molecule is COC(=O)Nc1ccc(-c2[nH]c(C3CCc4cc(-c5cc(Cl)ccc5-n5cnnn5)cc(=O)n43)nc2COC=O)cc1. The van der Waals surface area contributed by atoms with Crippen molar-refractivity contribution in [1.82, 2.24) is 34.7 Å². The van der Waals surface area contributed by atoms with Crippen LogP contribution in [0.15, 0.2) is 65.7 Å². The maximum atomic E-state index is 13.6. The second-order valence-electron chi connectivity index (χ2n) is 9.46. The Morgan fingerprint density at radius 2 is 2.00 bits per heavy atom. The number of methoxy groups -OCH3 is 1. The van der Waals surface area contributed by atoms with Crippen molar-refractivity contribution in [3.63, 3.8) is 0 Å². The maximum absolute atomic E-state index is 13.6. The Morgan fingerprint density at radius 1 is 1.17 bits per heavy atom. The van der Waals surface area contributed by atoms with E-state index in [2.05, 4.69) is 30.6 Å². The van der Waals surface area contributed by atoms with Gasteiger partial charge in [-0.1, -0.05) is 23.7 Å². The Labute approximate surface area is 243 Å². The maximum Gasteiger partial charge on any atom is 0.411 e. The van der Waals surface area contributed by atoms with Crippen molar-refractivity contribution in [3.05, 3.63) is 93.5 Å². The molecule has 1 unspecified atom stereocenters. The van der Waals surface area contributed by atoms with Crippen LogP contribution in [-0.4, -0.2) is 54.4 Å². The minimum atomic E-state index is -0.581. The van der Waals surface area contributed by atoms with Crippen LogP contribution in [0, 0.1) is 0 Å². The molecule has 14 heteroatoms. The summed E-state index contributed by atoms with van der Waals surface area (Å²) in [6.45, 7) is 0.303. The molecule has 0 saturated heterocycles. The molecule has 42 heavy (non-hydrogen) atoms. The lowest BCUT2D eigenvalue weighted by molar-refractivity contribution is -0.129. The number of nitrogens with zero attached hydrogens (tertiary/aromatic N) is 6. The average Bonchev–Trinajstić information content (AvgIpc) is 3.76. The fourth-order valence-corrected chi connectivity index (χ4v) is 5.33. The van der Waals surface area contributed by atoms with Gasteiger partial charge < -0.3 is 19.0 Å². The summed E-state index contributed by atoms with van der Waals surface area (Å²) in [6.07, 6.45) is 2.17. The zero-order valence-electron chi connectivity index (χ0n) is 22.2. The third kappa shape index (κ3) is 5.12. The molecular weight excluding hydrogens is 564 g/mol. The molecule has 0 saturated carbocycles. The summed E-state index contributed by atoms with van der Waals surface area (Å²) < 4.78 is 12.9. The van der Waals surface area contributed by atoms with Gasteiger partial charge in [0.05, 0.1) is 24.5 Å². The second kappa shape index (κ2) is 11.3. The first-order valence-corrected chi connectivity index (χ1v) is 13.2. The van der Waals surface area contributed by atoms with Crippen molar-refractivity contribution in [3.8, 4) is 28.1 Å². The smallest absolute Gasteiger partial charge is 0.411 e. The minimum absolute atomic E-state index is 0.0560. The zero-order chi connectivity index (χ0) is 29.2. The van der Waals surface area contributed by atoms with E-state index in [0.717, 1.165) is 16.8 Å². The lowest BCUT2D eigenvalue weighted by atomic mass is 10.0. The minimum Gasteiger partial charge on any atom is -0.461 e. The molecule has 3 aromatic heterocycles. The molecule has 4 heterocycles. The first kappa shape index (κ1) is 26.9. The third-order valence-electron chi connectivity index (χ3n) is 7.01. The molecule has 1 aliphatic heterocycles. The number of carbonyl (C=O) groups is 2. The standard InChI is InChI=1S/C28H23ClN8O5/c1-41-28(40)31-19-5-2-16(3-6-19)26-22(13-42-15-38)32-27(33-26)24-9-7-20-10-17(11-25(39)37(20)24)21-12-18(29)4-8-23(21)36-14-30-34-35-36/h2-6,8,10-12,14-15,24H,7,9,13H2,1H3,(H,31,40)(H,32,33). The molecule has 2 N–H and O–H groups in total. The van der Waals surface area contributed by atoms with Crippen LogP contribution < -0.4 is 10.9 Å². The first-order valence-electron chi connectivity index (χ1n) is 12.8. The van der Waals surface area contributed by atoms with Crippen molar-refractivity contribution < 1.29 is 19.1 Å². The Bertz CT molecular complexity index is 1830. The molecule has 0 radical (unpaired) electrons. The Hall–Kier alpha value is -5.30. The summed E-state index contributed by atoms with van der Waals surface area (Å²) in [5.41, 5.74) is 5.19. The molecule has 1 aliphatic rings. The molecule has 2 aromatic carbocycles. The Morgan fingerprint density at radius 3 is 2.74 bits per heavy atom. The van der Waals surface area contributed by atoms with Gasteiger partial charge in [-0.15, -0.1) is 5.10 Å². The van der Waals surface area contributed by atoms with E-state index in [9.17, 15) is 14.4 Å². The Kier molecular flexibility index (Phi) is 7.23. The fourth-order valence-electron chi connectivity index (χ4n) is 5.15. The van der Waals surface area contributed by atoms with Crippen LogP contribution in [0.4, 0.5) is 10.5 Å². The molecule has 0 bridgehead atoms. The van der Waals surface area contributed by atoms with Crippen LogP contribution in [-0.2, 0) is 27.3 Å². The van der Waals surface area contributed by atoms with Crippen LogP contribution in [0.5, 0.6) is 0 Å². The van der Waals surface area contributed by atoms with E-state index in [-0.39, 0.29) is 18.2 Å². The lowest BCUT2D eigenvalue weighted by Gasteiger charge is -2.15. The number of aryl methyl sites for hydroxylation is 1. The van der Waals surface area contributed by atoms with E-state index in [1.54, 1.807) is 53.1 Å². The van der Waals surface area contributed by atoms with Crippen LogP contribution in [0.2, 0.25) is 5.02 Å². The summed E-state index contributed by atoms with van der Waals surface area (Å²) >= 11 is 6.32. The molecule has 1 amide bonds. The number of anilines is 1. The largest absolute Gasteiger partial charge is 0.461 e. The van der Waals surface area contributed by atoms with Crippen molar-refractivity contribution in [1.29, 1.82) is 0 Å². The number of hydrogen-bond acceptors (Lipinski definition) is 9. The number of pyridine rings is 1. The van der Waals surface area contributed by atoms with E-state index in [1.165, 1.54) is 18.1 Å². The van der Waals surface area contributed by atoms with E-state index >= 15 is 0 Å². The van der Waals surface area contributed by atoms with Gasteiger partial charge in [-0.2, -0.15) is 4.68 Å². The summed E-state index contributed by atoms with van der Waals surface area (Å²) in [4.78, 5) is 44.2. The van der Waals surface area contributed by atoms with Crippen LogP contribution >= 0.6 is 11.6 Å². The van der Waals surface area contributed by atoms with Gasteiger partial charge in [0.1, 0.15) is 24.5 Å². The van der Waals surface area contributed by atoms with Crippen LogP contribution in [0.1, 0.15) is 29.7 Å². The van der Waals surface area contributed by atoms with Gasteiger partial charge >= 0.3 is 6.09 Å². The summed E-state index contributed by atoms with van der Waals surface area (Å²) in [7, 11) is 1.29. The number of amides is 1. The lowest BCUT2D eigenvalue weighted by Crippen LogP contribution is -2.24. The van der Waals surface area contributed by atoms with Crippen molar-refractivity contribution in [2.45, 2.75) is 25.5 Å². The van der Waals surface area contributed by atoms with Gasteiger partial charge in [0, 0.05) is 33.6 Å². The number of benzene rings is 2. The predicted molar refractivity (Wildman–Crippen MR) is 151 cm³/mol. The molecule has 0 fully saturated rings. The second-order valence-corrected chi connectivity index (χ2v) is 9.90. The predicted octanol–water partition coefficient (Wildman–Crippen LogP) is 3.92. The average molecular weight is 587 g/mol. The normalized spacial score (nSPS) is 13.9. The number of hydrogen-bond donors (Lipinski definition) is 2. The molecule has 0 spiro atoms. The quantitative estimate of drug-likeness (QED) is 0.257. The van der Waals surface area contributed by atoms with Crippen LogP contribution in [0.3, 0.4) is 0 Å². The highest BCUT2D eigenvalue weighted by Gasteiger charge is 2.29. The van der Waals surface area contributed by atoms with Gasteiger partial charge in [0.2, 0.25) is 0 Å². The number of ether oxygens (including phenoxy) is 2. The first-order chi connectivity index (χ1) is 20.4. The number of fused-ring (bicyclic) bond motifs is 1. The van der Waals surface area contributed by atoms with Gasteiger partial charge in [0.25, 0.3) is 12.0 Å². The number of H-pyrrole nitrogens is 1. The van der Waals surface area contributed by atoms with E-state index < -0.39 is 6.09 Å². The number of carbonyl (C=O) groups excluding carboxylic acids is 2. The highest BCUT2D eigenvalue weighted by Crippen LogP contribution is 2.35. The topological polar surface area (TPSA) is 159 Å². The van der Waals surface area contributed by atoms with Gasteiger partial charge in [-0.25, -0.2) is 9.78 Å². The number of halogens is 1. The van der Waals surface area contributed by atoms with E-state index in [0.29, 0.717) is 58.5 Å². The van der Waals surface area contributed by atoms with E-state index in [1.807, 2.05) is 6.07 Å². The summed E-state index contributed by atoms with van der Waals surface area (Å²) in [6, 6.07) is 15.5. The number of tetrazole rings is 1. The molecule has 0 aliphatic carbocycles. The molecule has 13 nitrogen and oxygen atoms in total. The number of imidazole rings is 1. The van der Waals surface area contributed by atoms with Gasteiger partial charge in [0.15, 0.2) is 0 Å². The number of rotatable bonds is 8. The number of nitrogens with one attached hydrogen (secondary N) is 2. The Balaban J connectivity index is 1.36. The van der Waals surface area contributed by atoms with Gasteiger partial charge in [-0.05, 0) is 65.2 Å². The highest BCUT2D eigenvalue weighted by molar-refractivity contribution is 6.31. The molecule has 212 valence electrons. The molecule has 5 aromatic rings. The molecular formula is C28H23ClN8O5. The third-order valence-corrected chi connectivity index (χ3v) is 7.24. The van der Waals surface area contributed by atoms with Crippen LogP contribution in [0.25, 0.3) is 28.1 Å². The summed E-state index contributed by atoms with van der Waals surface area (Å²) in [5.74, 6) is 0.567. The van der Waals surface area contributed by atoms with Crippen molar-refractivity contribution in [2.24, 2.45) is 0 Å². The zero-order valence-corrected chi connectivity index (χ0v) is 22.9. The van der Waals surface area contributed by atoms with E-state index in [4.69, 9.17) is 21.3 Å². The number of aromatic amines is 1. The monoisotopic (exact) mass is 586 g/mol. The summed E-state index contributed by atoms with van der Waals surface area (Å²) in [5, 5.41) is 14.5. The highest BCUT2D eigenvalue weighted by atomic mass is 35.5. The van der Waals surface area contributed by atoms with Gasteiger partial charge in [-0.3, -0.25) is 14.9 Å². The fraction of sp³-hybridized carbons (Fsp3) is 0.179. The van der Waals surface area contributed by atoms with Crippen molar-refractivity contribution >= 4 is 29.9 Å². The molecule has 6 rings (SSSR count). The van der Waals surface area contributed by atoms with Crippen molar-refractivity contribution in [2.75, 3.05) is 12.4 Å².